The number of hydrogen-bond donors (Lipinski definition) is 1. The van der Waals surface area contributed by atoms with Crippen LogP contribution in [0.25, 0.3) is 0 Å². The van der Waals surface area contributed by atoms with Crippen molar-refractivity contribution in [1.29, 1.82) is 5.26 Å². The van der Waals surface area contributed by atoms with E-state index in [1.807, 2.05) is 17.0 Å². The summed E-state index contributed by atoms with van der Waals surface area (Å²) in [5, 5.41) is 12.3. The Morgan fingerprint density at radius 3 is 2.47 bits per heavy atom. The molecule has 0 bridgehead atoms. The Kier molecular flexibility index (Phi) is 6.00. The van der Waals surface area contributed by atoms with Gasteiger partial charge in [-0.3, -0.25) is 4.79 Å². The second-order valence-electron chi connectivity index (χ2n) is 7.49. The number of para-hydroxylation sites is 1. The van der Waals surface area contributed by atoms with Crippen molar-refractivity contribution in [3.05, 3.63) is 83.8 Å². The highest BCUT2D eigenvalue weighted by Crippen LogP contribution is 2.23. The largest absolute Gasteiger partial charge is 0.338 e. The first-order chi connectivity index (χ1) is 14.7. The van der Waals surface area contributed by atoms with Crippen LogP contribution in [0.5, 0.6) is 0 Å². The monoisotopic (exact) mass is 397 g/mol. The Balaban J connectivity index is 1.33. The number of benzene rings is 2. The number of anilines is 2. The molecule has 0 unspecified atom stereocenters. The third kappa shape index (κ3) is 4.64. The highest BCUT2D eigenvalue weighted by molar-refractivity contribution is 5.92. The van der Waals surface area contributed by atoms with Gasteiger partial charge in [0.1, 0.15) is 17.6 Å². The molecule has 2 heterocycles. The molecule has 6 heteroatoms. The zero-order valence-electron chi connectivity index (χ0n) is 16.7. The van der Waals surface area contributed by atoms with E-state index in [0.717, 1.165) is 32.4 Å². The summed E-state index contributed by atoms with van der Waals surface area (Å²) >= 11 is 0. The number of carbonyl (C=O) groups is 1. The molecule has 0 atom stereocenters. The molecule has 1 saturated heterocycles. The van der Waals surface area contributed by atoms with Crippen LogP contribution < -0.4 is 5.32 Å². The maximum absolute atomic E-state index is 12.8. The molecule has 30 heavy (non-hydrogen) atoms. The third-order valence-corrected chi connectivity index (χ3v) is 5.45. The number of nitriles is 1. The first-order valence-corrected chi connectivity index (χ1v) is 10.1. The fraction of sp³-hybridized carbons (Fsp3) is 0.250. The van der Waals surface area contributed by atoms with Gasteiger partial charge in [0.25, 0.3) is 5.91 Å². The van der Waals surface area contributed by atoms with Crippen molar-refractivity contribution in [3.8, 4) is 6.07 Å². The Hall–Kier alpha value is -3.72. The highest BCUT2D eigenvalue weighted by Gasteiger charge is 2.24. The van der Waals surface area contributed by atoms with E-state index in [1.54, 1.807) is 18.2 Å². The minimum atomic E-state index is -0.0790. The summed E-state index contributed by atoms with van der Waals surface area (Å²) in [7, 11) is 0. The number of nitrogens with zero attached hydrogens (tertiary/aromatic N) is 4. The van der Waals surface area contributed by atoms with Crippen molar-refractivity contribution in [2.75, 3.05) is 18.4 Å². The molecule has 0 saturated carbocycles. The molecule has 1 fully saturated rings. The van der Waals surface area contributed by atoms with Crippen molar-refractivity contribution in [3.63, 3.8) is 0 Å². The molecule has 1 aliphatic rings. The van der Waals surface area contributed by atoms with Crippen LogP contribution in [-0.2, 0) is 6.42 Å². The number of likely N-dealkylation sites (tertiary alicyclic amines) is 1. The molecule has 1 aliphatic heterocycles. The van der Waals surface area contributed by atoms with Crippen molar-refractivity contribution >= 4 is 17.4 Å². The van der Waals surface area contributed by atoms with Crippen LogP contribution >= 0.6 is 0 Å². The number of hydrogen-bond acceptors (Lipinski definition) is 5. The van der Waals surface area contributed by atoms with Crippen molar-refractivity contribution in [1.82, 2.24) is 14.9 Å². The van der Waals surface area contributed by atoms with Crippen molar-refractivity contribution < 1.29 is 4.79 Å². The van der Waals surface area contributed by atoms with Crippen LogP contribution in [-0.4, -0.2) is 33.9 Å². The molecule has 1 amide bonds. The van der Waals surface area contributed by atoms with Gasteiger partial charge in [0, 0.05) is 13.1 Å². The quantitative estimate of drug-likeness (QED) is 0.698. The predicted octanol–water partition coefficient (Wildman–Crippen LogP) is 4.19. The lowest BCUT2D eigenvalue weighted by molar-refractivity contribution is 0.0684. The molecule has 6 nitrogen and oxygen atoms in total. The SMILES string of the molecule is N#Cc1ccccc1Nc1cnc(C(=O)N2CCC(Cc3ccccc3)CC2)cn1. The van der Waals surface area contributed by atoms with E-state index in [-0.39, 0.29) is 5.91 Å². The molecule has 0 aliphatic carbocycles. The number of rotatable bonds is 5. The molecule has 0 spiro atoms. The van der Waals surface area contributed by atoms with E-state index in [9.17, 15) is 10.1 Å². The number of carbonyl (C=O) groups excluding carboxylic acids is 1. The Morgan fingerprint density at radius 2 is 1.77 bits per heavy atom. The molecule has 150 valence electrons. The first kappa shape index (κ1) is 19.6. The van der Waals surface area contributed by atoms with Crippen LogP contribution in [0, 0.1) is 17.2 Å². The van der Waals surface area contributed by atoms with Gasteiger partial charge in [-0.25, -0.2) is 9.97 Å². The second kappa shape index (κ2) is 9.19. The molecule has 3 aromatic rings. The van der Waals surface area contributed by atoms with E-state index in [0.29, 0.717) is 28.7 Å². The molecule has 4 rings (SSSR count). The topological polar surface area (TPSA) is 81.9 Å². The maximum atomic E-state index is 12.8. The minimum Gasteiger partial charge on any atom is -0.338 e. The Labute approximate surface area is 176 Å². The lowest BCUT2D eigenvalue weighted by Crippen LogP contribution is -2.39. The van der Waals surface area contributed by atoms with Crippen LogP contribution in [0.4, 0.5) is 11.5 Å². The molecule has 2 aromatic carbocycles. The summed E-state index contributed by atoms with van der Waals surface area (Å²) in [5.41, 5.74) is 2.89. The molecule has 1 aromatic heterocycles. The average Bonchev–Trinajstić information content (AvgIpc) is 2.81. The van der Waals surface area contributed by atoms with E-state index in [2.05, 4.69) is 45.6 Å². The fourth-order valence-electron chi connectivity index (χ4n) is 3.78. The van der Waals surface area contributed by atoms with E-state index in [1.165, 1.54) is 18.0 Å². The molecular formula is C24H23N5O. The molecule has 0 radical (unpaired) electrons. The zero-order valence-corrected chi connectivity index (χ0v) is 16.7. The van der Waals surface area contributed by atoms with Crippen LogP contribution in [0.1, 0.15) is 34.5 Å². The van der Waals surface area contributed by atoms with Crippen molar-refractivity contribution in [2.45, 2.75) is 19.3 Å². The smallest absolute Gasteiger partial charge is 0.274 e. The Morgan fingerprint density at radius 1 is 1.03 bits per heavy atom. The van der Waals surface area contributed by atoms with Gasteiger partial charge in [0.05, 0.1) is 23.6 Å². The van der Waals surface area contributed by atoms with Gasteiger partial charge in [-0.05, 0) is 42.9 Å². The van der Waals surface area contributed by atoms with Crippen LogP contribution in [0.15, 0.2) is 67.0 Å². The Bertz CT molecular complexity index is 1040. The standard InChI is InChI=1S/C24H23N5O/c25-15-20-8-4-5-9-21(20)28-23-17-26-22(16-27-23)24(30)29-12-10-19(11-13-29)14-18-6-2-1-3-7-18/h1-9,16-17,19H,10-14H2,(H,27,28). The average molecular weight is 397 g/mol. The summed E-state index contributed by atoms with van der Waals surface area (Å²) in [6, 6.07) is 19.8. The molecule has 1 N–H and O–H groups in total. The summed E-state index contributed by atoms with van der Waals surface area (Å²) in [5.74, 6) is 1.02. The first-order valence-electron chi connectivity index (χ1n) is 10.1. The van der Waals surface area contributed by atoms with Gasteiger partial charge in [-0.2, -0.15) is 5.26 Å². The number of piperidine rings is 1. The van der Waals surface area contributed by atoms with Gasteiger partial charge in [-0.1, -0.05) is 42.5 Å². The maximum Gasteiger partial charge on any atom is 0.274 e. The normalized spacial score (nSPS) is 14.2. The zero-order chi connectivity index (χ0) is 20.8. The number of amides is 1. The highest BCUT2D eigenvalue weighted by atomic mass is 16.2. The van der Waals surface area contributed by atoms with Crippen LogP contribution in [0.2, 0.25) is 0 Å². The fourth-order valence-corrected chi connectivity index (χ4v) is 3.78. The number of aromatic nitrogens is 2. The lowest BCUT2D eigenvalue weighted by atomic mass is 9.90. The number of nitrogens with one attached hydrogen (secondary N) is 1. The third-order valence-electron chi connectivity index (χ3n) is 5.45. The van der Waals surface area contributed by atoms with Gasteiger partial charge >= 0.3 is 0 Å². The molecular weight excluding hydrogens is 374 g/mol. The summed E-state index contributed by atoms with van der Waals surface area (Å²) in [6.45, 7) is 1.49. The predicted molar refractivity (Wildman–Crippen MR) is 115 cm³/mol. The van der Waals surface area contributed by atoms with Gasteiger partial charge in [0.2, 0.25) is 0 Å². The van der Waals surface area contributed by atoms with Gasteiger partial charge in [0.15, 0.2) is 0 Å². The summed E-state index contributed by atoms with van der Waals surface area (Å²) < 4.78 is 0. The van der Waals surface area contributed by atoms with E-state index >= 15 is 0 Å². The van der Waals surface area contributed by atoms with Crippen LogP contribution in [0.3, 0.4) is 0 Å². The second-order valence-corrected chi connectivity index (χ2v) is 7.49. The minimum absolute atomic E-state index is 0.0790. The summed E-state index contributed by atoms with van der Waals surface area (Å²) in [4.78, 5) is 23.3. The van der Waals surface area contributed by atoms with E-state index < -0.39 is 0 Å². The summed E-state index contributed by atoms with van der Waals surface area (Å²) in [6.07, 6.45) is 6.09. The van der Waals surface area contributed by atoms with Crippen molar-refractivity contribution in [2.24, 2.45) is 5.92 Å². The van der Waals surface area contributed by atoms with Gasteiger partial charge in [-0.15, -0.1) is 0 Å². The van der Waals surface area contributed by atoms with Gasteiger partial charge < -0.3 is 10.2 Å². The lowest BCUT2D eigenvalue weighted by Gasteiger charge is -2.31. The van der Waals surface area contributed by atoms with E-state index in [4.69, 9.17) is 0 Å².